The van der Waals surface area contributed by atoms with Gasteiger partial charge < -0.3 is 10.6 Å². The second kappa shape index (κ2) is 6.50. The molecule has 0 bridgehead atoms. The van der Waals surface area contributed by atoms with Crippen LogP contribution in [0.5, 0.6) is 0 Å². The molecular weight excluding hydrogens is 344 g/mol. The molecule has 7 nitrogen and oxygen atoms in total. The van der Waals surface area contributed by atoms with Crippen molar-refractivity contribution in [3.63, 3.8) is 0 Å². The van der Waals surface area contributed by atoms with Gasteiger partial charge in [0.2, 0.25) is 5.91 Å². The molecule has 0 radical (unpaired) electrons. The van der Waals surface area contributed by atoms with Crippen molar-refractivity contribution in [2.24, 2.45) is 0 Å². The fourth-order valence-corrected chi connectivity index (χ4v) is 3.89. The van der Waals surface area contributed by atoms with Gasteiger partial charge in [-0.2, -0.15) is 0 Å². The molecule has 1 aliphatic carbocycles. The molecule has 27 heavy (non-hydrogen) atoms. The van der Waals surface area contributed by atoms with E-state index in [9.17, 15) is 14.4 Å². The molecule has 138 valence electrons. The minimum absolute atomic E-state index is 0.343. The average Bonchev–Trinajstić information content (AvgIpc) is 2.87. The van der Waals surface area contributed by atoms with Gasteiger partial charge in [-0.15, -0.1) is 0 Å². The Labute approximate surface area is 156 Å². The van der Waals surface area contributed by atoms with Gasteiger partial charge in [-0.3, -0.25) is 14.5 Å². The third kappa shape index (κ3) is 2.95. The number of nitrogens with one attached hydrogen (secondary N) is 2. The molecular formula is C20H20N4O3. The Bertz CT molecular complexity index is 942. The normalized spacial score (nSPS) is 21.1. The molecule has 4 rings (SSSR count). The summed E-state index contributed by atoms with van der Waals surface area (Å²) in [5, 5.41) is 5.48. The molecule has 1 spiro atoms. The van der Waals surface area contributed by atoms with E-state index in [2.05, 4.69) is 15.6 Å². The summed E-state index contributed by atoms with van der Waals surface area (Å²) in [7, 11) is 0. The molecule has 1 aromatic heterocycles. The van der Waals surface area contributed by atoms with E-state index in [0.717, 1.165) is 34.6 Å². The van der Waals surface area contributed by atoms with Crippen LogP contribution < -0.4 is 10.6 Å². The molecule has 2 heterocycles. The quantitative estimate of drug-likeness (QED) is 0.816. The van der Waals surface area contributed by atoms with Crippen LogP contribution in [0.25, 0.3) is 0 Å². The summed E-state index contributed by atoms with van der Waals surface area (Å²) in [5.41, 5.74) is 1.60. The van der Waals surface area contributed by atoms with E-state index in [1.165, 1.54) is 0 Å². The van der Waals surface area contributed by atoms with Crippen LogP contribution in [0.3, 0.4) is 0 Å². The van der Waals surface area contributed by atoms with Gasteiger partial charge in [-0.1, -0.05) is 30.3 Å². The summed E-state index contributed by atoms with van der Waals surface area (Å²) in [5.74, 6) is -0.436. The van der Waals surface area contributed by atoms with E-state index >= 15 is 0 Å². The molecule has 1 aliphatic heterocycles. The Morgan fingerprint density at radius 1 is 1.22 bits per heavy atom. The summed E-state index contributed by atoms with van der Waals surface area (Å²) < 4.78 is 0. The highest BCUT2D eigenvalue weighted by Crippen LogP contribution is 2.39. The monoisotopic (exact) mass is 364 g/mol. The highest BCUT2D eigenvalue weighted by atomic mass is 16.2. The lowest BCUT2D eigenvalue weighted by Gasteiger charge is -2.33. The molecule has 1 fully saturated rings. The molecule has 0 saturated carbocycles. The first-order chi connectivity index (χ1) is 13.0. The Kier molecular flexibility index (Phi) is 4.14. The average molecular weight is 364 g/mol. The van der Waals surface area contributed by atoms with Crippen molar-refractivity contribution in [2.45, 2.75) is 31.7 Å². The highest BCUT2D eigenvalue weighted by molar-refractivity contribution is 6.10. The van der Waals surface area contributed by atoms with Crippen molar-refractivity contribution in [3.8, 4) is 0 Å². The molecule has 2 aliphatic rings. The molecule has 1 saturated heterocycles. The Morgan fingerprint density at radius 2 is 2.04 bits per heavy atom. The van der Waals surface area contributed by atoms with Crippen LogP contribution >= 0.6 is 0 Å². The fraction of sp³-hybridized carbons (Fsp3) is 0.300. The zero-order valence-corrected chi connectivity index (χ0v) is 15.0. The maximum Gasteiger partial charge on any atom is 0.325 e. The van der Waals surface area contributed by atoms with Crippen LogP contribution in [0.15, 0.2) is 42.5 Å². The summed E-state index contributed by atoms with van der Waals surface area (Å²) in [6.07, 6.45) is 2.21. The highest BCUT2D eigenvalue weighted by Gasteiger charge is 2.54. The van der Waals surface area contributed by atoms with Gasteiger partial charge >= 0.3 is 6.03 Å². The van der Waals surface area contributed by atoms with Crippen molar-refractivity contribution in [3.05, 3.63) is 59.3 Å². The molecule has 1 unspecified atom stereocenters. The Hall–Kier alpha value is -3.22. The number of rotatable bonds is 3. The number of pyridine rings is 1. The number of carbonyl (C=O) groups is 3. The number of anilines is 1. The standard InChI is InChI=1S/C20H20N4O3/c1-13-6-4-10-16(21-13)22-17(25)12-24-18(26)20(23-19(24)27)11-5-8-14-7-2-3-9-15(14)20/h2-4,6-7,9-10H,5,8,11-12H2,1H3,(H,23,27)(H,21,22,25). The van der Waals surface area contributed by atoms with E-state index < -0.39 is 17.5 Å². The van der Waals surface area contributed by atoms with Crippen LogP contribution in [0.1, 0.15) is 29.7 Å². The number of hydrogen-bond acceptors (Lipinski definition) is 4. The molecule has 4 amide bonds. The zero-order chi connectivity index (χ0) is 19.0. The zero-order valence-electron chi connectivity index (χ0n) is 15.0. The van der Waals surface area contributed by atoms with Gasteiger partial charge in [0.05, 0.1) is 0 Å². The van der Waals surface area contributed by atoms with Gasteiger partial charge in [0.15, 0.2) is 0 Å². The second-order valence-electron chi connectivity index (χ2n) is 6.95. The number of fused-ring (bicyclic) bond motifs is 2. The lowest BCUT2D eigenvalue weighted by atomic mass is 9.76. The van der Waals surface area contributed by atoms with Crippen molar-refractivity contribution in [1.29, 1.82) is 0 Å². The van der Waals surface area contributed by atoms with Crippen molar-refractivity contribution < 1.29 is 14.4 Å². The molecule has 2 aromatic rings. The number of carbonyl (C=O) groups excluding carboxylic acids is 3. The number of aryl methyl sites for hydroxylation is 2. The maximum absolute atomic E-state index is 13.1. The van der Waals surface area contributed by atoms with Crippen molar-refractivity contribution in [2.75, 3.05) is 11.9 Å². The maximum atomic E-state index is 13.1. The van der Waals surface area contributed by atoms with Crippen LogP contribution in [0.4, 0.5) is 10.6 Å². The van der Waals surface area contributed by atoms with Crippen LogP contribution in [-0.4, -0.2) is 34.3 Å². The molecule has 1 atom stereocenters. The van der Waals surface area contributed by atoms with Crippen LogP contribution in [0, 0.1) is 6.92 Å². The minimum Gasteiger partial charge on any atom is -0.319 e. The first-order valence-corrected chi connectivity index (χ1v) is 8.96. The molecule has 2 N–H and O–H groups in total. The van der Waals surface area contributed by atoms with Gasteiger partial charge in [-0.25, -0.2) is 9.78 Å². The first-order valence-electron chi connectivity index (χ1n) is 8.96. The summed E-state index contributed by atoms with van der Waals surface area (Å²) in [6.45, 7) is 1.47. The van der Waals surface area contributed by atoms with Crippen LogP contribution in [0.2, 0.25) is 0 Å². The third-order valence-electron chi connectivity index (χ3n) is 5.11. The molecule has 7 heteroatoms. The van der Waals surface area contributed by atoms with E-state index in [4.69, 9.17) is 0 Å². The predicted octanol–water partition coefficient (Wildman–Crippen LogP) is 2.11. The van der Waals surface area contributed by atoms with Gasteiger partial charge in [0.1, 0.15) is 17.9 Å². The predicted molar refractivity (Wildman–Crippen MR) is 98.9 cm³/mol. The summed E-state index contributed by atoms with van der Waals surface area (Å²) in [6, 6.07) is 12.4. The number of amides is 4. The largest absolute Gasteiger partial charge is 0.325 e. The van der Waals surface area contributed by atoms with Gasteiger partial charge in [0, 0.05) is 5.69 Å². The van der Waals surface area contributed by atoms with E-state index in [0.29, 0.717) is 12.2 Å². The summed E-state index contributed by atoms with van der Waals surface area (Å²) in [4.78, 5) is 43.2. The van der Waals surface area contributed by atoms with Crippen molar-refractivity contribution in [1.82, 2.24) is 15.2 Å². The number of imide groups is 1. The smallest absolute Gasteiger partial charge is 0.319 e. The summed E-state index contributed by atoms with van der Waals surface area (Å²) >= 11 is 0. The van der Waals surface area contributed by atoms with E-state index in [1.54, 1.807) is 12.1 Å². The SMILES string of the molecule is Cc1cccc(NC(=O)CN2C(=O)NC3(CCCc4ccccc43)C2=O)n1. The number of aromatic nitrogens is 1. The lowest BCUT2D eigenvalue weighted by molar-refractivity contribution is -0.134. The number of nitrogens with zero attached hydrogens (tertiary/aromatic N) is 2. The van der Waals surface area contributed by atoms with E-state index in [1.807, 2.05) is 37.3 Å². The molecule has 1 aromatic carbocycles. The Morgan fingerprint density at radius 3 is 2.85 bits per heavy atom. The third-order valence-corrected chi connectivity index (χ3v) is 5.11. The topological polar surface area (TPSA) is 91.4 Å². The van der Waals surface area contributed by atoms with Crippen molar-refractivity contribution >= 4 is 23.7 Å². The number of urea groups is 1. The minimum atomic E-state index is -1.06. The number of benzene rings is 1. The number of hydrogen-bond donors (Lipinski definition) is 2. The second-order valence-corrected chi connectivity index (χ2v) is 6.95. The van der Waals surface area contributed by atoms with Crippen LogP contribution in [-0.2, 0) is 21.5 Å². The fourth-order valence-electron chi connectivity index (χ4n) is 3.89. The first kappa shape index (κ1) is 17.2. The Balaban J connectivity index is 1.55. The van der Waals surface area contributed by atoms with E-state index in [-0.39, 0.29) is 12.5 Å². The lowest BCUT2D eigenvalue weighted by Crippen LogP contribution is -2.47. The van der Waals surface area contributed by atoms with Gasteiger partial charge in [0.25, 0.3) is 5.91 Å². The van der Waals surface area contributed by atoms with Gasteiger partial charge in [-0.05, 0) is 49.4 Å².